The van der Waals surface area contributed by atoms with E-state index in [1.165, 1.54) is 0 Å². The number of phenolic OH excluding ortho intramolecular Hbond substituents is 1. The second-order valence-electron chi connectivity index (χ2n) is 8.05. The molecule has 2 aromatic carbocycles. The molecule has 1 amide bonds. The van der Waals surface area contributed by atoms with Crippen LogP contribution in [0.2, 0.25) is 0 Å². The number of aromatic hydroxyl groups is 1. The lowest BCUT2D eigenvalue weighted by Crippen LogP contribution is -2.40. The van der Waals surface area contributed by atoms with Crippen LogP contribution < -0.4 is 14.8 Å². The van der Waals surface area contributed by atoms with Crippen molar-refractivity contribution in [1.29, 1.82) is 0 Å². The number of methoxy groups -OCH3 is 1. The molecule has 0 bridgehead atoms. The number of hydrazone groups is 1. The van der Waals surface area contributed by atoms with Crippen LogP contribution >= 0.6 is 0 Å². The summed E-state index contributed by atoms with van der Waals surface area (Å²) < 4.78 is 16.8. The van der Waals surface area contributed by atoms with Crippen molar-refractivity contribution >= 4 is 18.0 Å². The second-order valence-corrected chi connectivity index (χ2v) is 8.05. The number of carbonyl (C=O) groups is 1. The summed E-state index contributed by atoms with van der Waals surface area (Å²) in [6, 6.07) is 12.0. The van der Waals surface area contributed by atoms with E-state index in [2.05, 4.69) is 24.3 Å². The van der Waals surface area contributed by atoms with Gasteiger partial charge in [-0.25, -0.2) is 4.79 Å². The number of nitrogens with one attached hydrogen (secondary N) is 1. The van der Waals surface area contributed by atoms with E-state index in [1.807, 2.05) is 0 Å². The largest absolute Gasteiger partial charge is 0.508 e. The number of nitrogens with zero attached hydrogens (tertiary/aromatic N) is 2. The molecule has 1 aliphatic heterocycles. The molecule has 1 heterocycles. The number of ether oxygens (including phenoxy) is 3. The normalized spacial score (nSPS) is 16.2. The molecule has 0 saturated carbocycles. The first-order valence-electron chi connectivity index (χ1n) is 10.8. The van der Waals surface area contributed by atoms with E-state index in [0.717, 1.165) is 18.4 Å². The van der Waals surface area contributed by atoms with Crippen molar-refractivity contribution in [3.05, 3.63) is 48.0 Å². The minimum atomic E-state index is -0.554. The Morgan fingerprint density at radius 3 is 2.72 bits per heavy atom. The van der Waals surface area contributed by atoms with Crippen LogP contribution in [0, 0.1) is 5.92 Å². The van der Waals surface area contributed by atoms with Gasteiger partial charge in [-0.05, 0) is 60.7 Å². The molecule has 32 heavy (non-hydrogen) atoms. The van der Waals surface area contributed by atoms with Crippen LogP contribution in [0.15, 0.2) is 47.6 Å². The lowest BCUT2D eigenvalue weighted by atomic mass is 10.1. The Balaban J connectivity index is 1.62. The highest BCUT2D eigenvalue weighted by Gasteiger charge is 2.25. The quantitative estimate of drug-likeness (QED) is 0.570. The molecular formula is C24H31N3O5. The topological polar surface area (TPSA) is 92.6 Å². The number of carbonyl (C=O) groups excluding carboxylic acids is 1. The van der Waals surface area contributed by atoms with Crippen LogP contribution in [0.25, 0.3) is 0 Å². The maximum atomic E-state index is 12.6. The van der Waals surface area contributed by atoms with E-state index in [4.69, 9.17) is 14.2 Å². The van der Waals surface area contributed by atoms with Gasteiger partial charge in [-0.1, -0.05) is 13.8 Å². The maximum absolute atomic E-state index is 12.6. The van der Waals surface area contributed by atoms with Crippen molar-refractivity contribution in [3.8, 4) is 17.2 Å². The van der Waals surface area contributed by atoms with Gasteiger partial charge in [0.25, 0.3) is 0 Å². The third-order valence-electron chi connectivity index (χ3n) is 4.89. The summed E-state index contributed by atoms with van der Waals surface area (Å²) in [6.07, 6.45) is 3.32. The summed E-state index contributed by atoms with van der Waals surface area (Å²) in [5, 5.41) is 18.4. The monoisotopic (exact) mass is 441 g/mol. The smallest absolute Gasteiger partial charge is 0.413 e. The number of piperidine rings is 1. The Kier molecular flexibility index (Phi) is 8.19. The van der Waals surface area contributed by atoms with Crippen molar-refractivity contribution < 1.29 is 24.1 Å². The zero-order valence-electron chi connectivity index (χ0n) is 18.8. The zero-order valence-corrected chi connectivity index (χ0v) is 18.8. The molecule has 172 valence electrons. The molecule has 1 atom stereocenters. The molecule has 8 heteroatoms. The highest BCUT2D eigenvalue weighted by atomic mass is 16.6. The summed E-state index contributed by atoms with van der Waals surface area (Å²) in [4.78, 5) is 12.6. The Bertz CT molecular complexity index is 914. The lowest BCUT2D eigenvalue weighted by Gasteiger charge is -2.32. The highest BCUT2D eigenvalue weighted by molar-refractivity contribution is 5.85. The van der Waals surface area contributed by atoms with Gasteiger partial charge in [0.15, 0.2) is 17.7 Å². The zero-order chi connectivity index (χ0) is 22.9. The third kappa shape index (κ3) is 6.80. The van der Waals surface area contributed by atoms with Crippen molar-refractivity contribution in [1.82, 2.24) is 5.01 Å². The summed E-state index contributed by atoms with van der Waals surface area (Å²) >= 11 is 0. The highest BCUT2D eigenvalue weighted by Crippen LogP contribution is 2.31. The average molecular weight is 442 g/mol. The van der Waals surface area contributed by atoms with Crippen molar-refractivity contribution in [2.24, 2.45) is 11.0 Å². The third-order valence-corrected chi connectivity index (χ3v) is 4.89. The van der Waals surface area contributed by atoms with Gasteiger partial charge in [0.2, 0.25) is 0 Å². The molecule has 1 aliphatic rings. The Morgan fingerprint density at radius 1 is 1.22 bits per heavy atom. The van der Waals surface area contributed by atoms with Gasteiger partial charge < -0.3 is 19.3 Å². The van der Waals surface area contributed by atoms with Crippen molar-refractivity contribution in [3.63, 3.8) is 0 Å². The number of rotatable bonds is 8. The van der Waals surface area contributed by atoms with Crippen LogP contribution in [0.3, 0.4) is 0 Å². The second kappa shape index (κ2) is 11.3. The molecule has 1 unspecified atom stereocenters. The predicted octanol–water partition coefficient (Wildman–Crippen LogP) is 4.83. The van der Waals surface area contributed by atoms with E-state index >= 15 is 0 Å². The molecular weight excluding hydrogens is 410 g/mol. The molecule has 1 saturated heterocycles. The van der Waals surface area contributed by atoms with Crippen LogP contribution in [0.4, 0.5) is 10.5 Å². The number of amides is 1. The fourth-order valence-corrected chi connectivity index (χ4v) is 3.23. The van der Waals surface area contributed by atoms with Crippen LogP contribution in [-0.2, 0) is 4.74 Å². The van der Waals surface area contributed by atoms with Gasteiger partial charge in [0, 0.05) is 24.7 Å². The van der Waals surface area contributed by atoms with E-state index in [9.17, 15) is 9.90 Å². The Morgan fingerprint density at radius 2 is 2.00 bits per heavy atom. The van der Waals surface area contributed by atoms with Gasteiger partial charge >= 0.3 is 6.09 Å². The number of phenols is 1. The van der Waals surface area contributed by atoms with Crippen molar-refractivity contribution in [2.45, 2.75) is 39.3 Å². The molecule has 8 nitrogen and oxygen atoms in total. The summed E-state index contributed by atoms with van der Waals surface area (Å²) in [5.74, 6) is 1.73. The minimum absolute atomic E-state index is 0.203. The first-order valence-corrected chi connectivity index (χ1v) is 10.8. The molecule has 3 rings (SSSR count). The van der Waals surface area contributed by atoms with Gasteiger partial charge in [-0.15, -0.1) is 0 Å². The molecule has 0 spiro atoms. The number of hydrogen-bond acceptors (Lipinski definition) is 7. The van der Waals surface area contributed by atoms with Crippen molar-refractivity contribution in [2.75, 3.05) is 25.6 Å². The number of hydrogen-bond donors (Lipinski definition) is 2. The number of anilines is 1. The van der Waals surface area contributed by atoms with Crippen LogP contribution in [0.1, 0.15) is 38.7 Å². The van der Waals surface area contributed by atoms with E-state index in [1.54, 1.807) is 60.8 Å². The standard InChI is InChI=1S/C24H31N3O5/c1-17(2)16-31-22-14-19(9-12-21(22)30-3)26-24(29)32-23-6-4-5-13-27(23)25-15-18-7-10-20(28)11-8-18/h7-12,14-15,17,23,28H,4-6,13,16H2,1-3H3,(H,26,29). The molecule has 0 aromatic heterocycles. The minimum Gasteiger partial charge on any atom is -0.508 e. The molecule has 1 fully saturated rings. The van der Waals surface area contributed by atoms with Crippen LogP contribution in [-0.4, -0.2) is 48.9 Å². The SMILES string of the molecule is COc1ccc(NC(=O)OC2CCCCN2N=Cc2ccc(O)cc2)cc1OCC(C)C. The first-order chi connectivity index (χ1) is 15.4. The summed E-state index contributed by atoms with van der Waals surface area (Å²) in [7, 11) is 1.58. The summed E-state index contributed by atoms with van der Waals surface area (Å²) in [6.45, 7) is 5.36. The average Bonchev–Trinajstić information content (AvgIpc) is 2.78. The maximum Gasteiger partial charge on any atom is 0.413 e. The molecule has 0 radical (unpaired) electrons. The summed E-state index contributed by atoms with van der Waals surface area (Å²) in [5.41, 5.74) is 1.41. The fourth-order valence-electron chi connectivity index (χ4n) is 3.23. The van der Waals surface area contributed by atoms with E-state index in [-0.39, 0.29) is 5.75 Å². The molecule has 2 aromatic rings. The fraction of sp³-hybridized carbons (Fsp3) is 0.417. The van der Waals surface area contributed by atoms with Crippen LogP contribution in [0.5, 0.6) is 17.2 Å². The lowest BCUT2D eigenvalue weighted by molar-refractivity contribution is -0.0297. The molecule has 2 N–H and O–H groups in total. The molecule has 0 aliphatic carbocycles. The van der Waals surface area contributed by atoms with Gasteiger partial charge in [0.05, 0.1) is 19.9 Å². The van der Waals surface area contributed by atoms with E-state index < -0.39 is 12.3 Å². The van der Waals surface area contributed by atoms with Gasteiger partial charge in [-0.3, -0.25) is 10.3 Å². The predicted molar refractivity (Wildman–Crippen MR) is 123 cm³/mol. The first kappa shape index (κ1) is 23.2. The Labute approximate surface area is 188 Å². The number of benzene rings is 2. The Hall–Kier alpha value is -3.42. The van der Waals surface area contributed by atoms with Gasteiger partial charge in [-0.2, -0.15) is 5.10 Å². The van der Waals surface area contributed by atoms with Gasteiger partial charge in [0.1, 0.15) is 5.75 Å². The van der Waals surface area contributed by atoms with E-state index in [0.29, 0.717) is 42.7 Å².